The maximum absolute atomic E-state index is 12.0. The fourth-order valence-corrected chi connectivity index (χ4v) is 3.87. The van der Waals surface area contributed by atoms with Gasteiger partial charge in [0.1, 0.15) is 0 Å². The number of nitrogens with zero attached hydrogens (tertiary/aromatic N) is 1. The second-order valence-corrected chi connectivity index (χ2v) is 8.38. The summed E-state index contributed by atoms with van der Waals surface area (Å²) < 4.78 is 24.1. The Bertz CT molecular complexity index is 938. The molecule has 0 radical (unpaired) electrons. The second-order valence-electron chi connectivity index (χ2n) is 5.53. The molecule has 3 rings (SSSR count). The molecule has 1 aliphatic rings. The number of anilines is 1. The molecule has 130 valence electrons. The Morgan fingerprint density at radius 2 is 1.84 bits per heavy atom. The van der Waals surface area contributed by atoms with Crippen molar-refractivity contribution in [3.63, 3.8) is 0 Å². The molecule has 0 amide bonds. The van der Waals surface area contributed by atoms with E-state index < -0.39 is 9.84 Å². The molecular formula is C18H16Cl2N2O2S. The topological polar surface area (TPSA) is 49.4 Å². The van der Waals surface area contributed by atoms with Crippen LogP contribution in [-0.2, 0) is 9.84 Å². The molecule has 0 aliphatic carbocycles. The highest BCUT2D eigenvalue weighted by atomic mass is 35.5. The summed E-state index contributed by atoms with van der Waals surface area (Å²) in [7, 11) is -3.31. The summed E-state index contributed by atoms with van der Waals surface area (Å²) in [4.78, 5) is 0.285. The van der Waals surface area contributed by atoms with Crippen LogP contribution < -0.4 is 10.4 Å². The number of nitrogens with one attached hydrogen (secondary N) is 1. The molecule has 4 nitrogen and oxygen atoms in total. The first-order chi connectivity index (χ1) is 11.9. The van der Waals surface area contributed by atoms with Gasteiger partial charge in [-0.15, -0.1) is 6.58 Å². The summed E-state index contributed by atoms with van der Waals surface area (Å²) in [6.45, 7) is 4.13. The van der Waals surface area contributed by atoms with E-state index in [0.29, 0.717) is 16.6 Å². The van der Waals surface area contributed by atoms with Gasteiger partial charge in [0.05, 0.1) is 38.6 Å². The van der Waals surface area contributed by atoms with Crippen LogP contribution in [0, 0.1) is 0 Å². The van der Waals surface area contributed by atoms with E-state index in [1.807, 2.05) is 17.2 Å². The number of benzene rings is 2. The van der Waals surface area contributed by atoms with E-state index in [1.165, 1.54) is 6.08 Å². The van der Waals surface area contributed by atoms with E-state index in [1.54, 1.807) is 36.4 Å². The standard InChI is InChI=1S/C18H16Cl2N2O2S/c1-2-11-25(23,24)15-6-4-14(5-7-15)22-10-9-18(21-22)13-3-8-16(19)17(20)12-13/h2-9,12,21H,1,10-11H2. The van der Waals surface area contributed by atoms with Crippen LogP contribution in [0.2, 0.25) is 10.0 Å². The zero-order chi connectivity index (χ0) is 18.0. The predicted octanol–water partition coefficient (Wildman–Crippen LogP) is 4.32. The molecule has 1 N–H and O–H groups in total. The first-order valence-electron chi connectivity index (χ1n) is 7.54. The molecule has 2 aromatic carbocycles. The van der Waals surface area contributed by atoms with E-state index in [4.69, 9.17) is 23.2 Å². The number of rotatable bonds is 5. The Morgan fingerprint density at radius 3 is 2.48 bits per heavy atom. The molecule has 0 spiro atoms. The molecule has 0 atom stereocenters. The Balaban J connectivity index is 1.75. The Kier molecular flexibility index (Phi) is 5.08. The molecule has 0 fully saturated rings. The molecule has 2 aromatic rings. The normalized spacial score (nSPS) is 14.2. The number of hydrazine groups is 1. The van der Waals surface area contributed by atoms with Gasteiger partial charge in [0.15, 0.2) is 9.84 Å². The second kappa shape index (κ2) is 7.12. The third kappa shape index (κ3) is 3.84. The van der Waals surface area contributed by atoms with Crippen LogP contribution in [0.5, 0.6) is 0 Å². The van der Waals surface area contributed by atoms with Gasteiger partial charge >= 0.3 is 0 Å². The van der Waals surface area contributed by atoms with Crippen LogP contribution in [0.1, 0.15) is 5.56 Å². The Morgan fingerprint density at radius 1 is 1.12 bits per heavy atom. The third-order valence-electron chi connectivity index (χ3n) is 3.81. The maximum atomic E-state index is 12.0. The molecule has 25 heavy (non-hydrogen) atoms. The summed E-state index contributed by atoms with van der Waals surface area (Å²) in [5.41, 5.74) is 6.00. The lowest BCUT2D eigenvalue weighted by Crippen LogP contribution is -2.31. The van der Waals surface area contributed by atoms with Gasteiger partial charge in [-0.25, -0.2) is 8.42 Å². The fraction of sp³-hybridized carbons (Fsp3) is 0.111. The molecule has 0 bridgehead atoms. The van der Waals surface area contributed by atoms with Crippen LogP contribution in [0.25, 0.3) is 5.70 Å². The highest BCUT2D eigenvalue weighted by Crippen LogP contribution is 2.28. The van der Waals surface area contributed by atoms with E-state index in [-0.39, 0.29) is 10.6 Å². The number of halogens is 2. The van der Waals surface area contributed by atoms with Crippen molar-refractivity contribution in [2.24, 2.45) is 0 Å². The van der Waals surface area contributed by atoms with Gasteiger partial charge in [-0.2, -0.15) is 0 Å². The van der Waals surface area contributed by atoms with Crippen molar-refractivity contribution in [3.05, 3.63) is 76.8 Å². The smallest absolute Gasteiger partial charge is 0.181 e. The van der Waals surface area contributed by atoms with E-state index in [2.05, 4.69) is 12.0 Å². The van der Waals surface area contributed by atoms with Crippen LogP contribution in [0.15, 0.2) is 66.1 Å². The Labute approximate surface area is 157 Å². The van der Waals surface area contributed by atoms with Crippen molar-refractivity contribution in [2.45, 2.75) is 4.90 Å². The van der Waals surface area contributed by atoms with Crippen LogP contribution in [0.3, 0.4) is 0 Å². The van der Waals surface area contributed by atoms with Gasteiger partial charge in [0.2, 0.25) is 0 Å². The highest BCUT2D eigenvalue weighted by molar-refractivity contribution is 7.91. The SMILES string of the molecule is C=CCS(=O)(=O)c1ccc(N2CC=C(c3ccc(Cl)c(Cl)c3)N2)cc1. The molecule has 0 unspecified atom stereocenters. The third-order valence-corrected chi connectivity index (χ3v) is 6.21. The minimum absolute atomic E-state index is 0.0721. The minimum Gasteiger partial charge on any atom is -0.298 e. The monoisotopic (exact) mass is 394 g/mol. The van der Waals surface area contributed by atoms with Gasteiger partial charge < -0.3 is 0 Å². The van der Waals surface area contributed by atoms with E-state index >= 15 is 0 Å². The summed E-state index contributed by atoms with van der Waals surface area (Å²) in [5, 5.41) is 2.93. The summed E-state index contributed by atoms with van der Waals surface area (Å²) >= 11 is 12.0. The lowest BCUT2D eigenvalue weighted by atomic mass is 10.1. The first-order valence-corrected chi connectivity index (χ1v) is 9.95. The lowest BCUT2D eigenvalue weighted by molar-refractivity contribution is 0.599. The average molecular weight is 395 g/mol. The predicted molar refractivity (Wildman–Crippen MR) is 104 cm³/mol. The molecular weight excluding hydrogens is 379 g/mol. The lowest BCUT2D eigenvalue weighted by Gasteiger charge is -2.21. The van der Waals surface area contributed by atoms with Crippen molar-refractivity contribution in [1.82, 2.24) is 5.43 Å². The fourth-order valence-electron chi connectivity index (χ4n) is 2.52. The molecule has 7 heteroatoms. The summed E-state index contributed by atoms with van der Waals surface area (Å²) in [6, 6.07) is 12.2. The van der Waals surface area contributed by atoms with Crippen LogP contribution in [0.4, 0.5) is 5.69 Å². The number of hydrogen-bond acceptors (Lipinski definition) is 4. The van der Waals surface area contributed by atoms with Crippen molar-refractivity contribution < 1.29 is 8.42 Å². The largest absolute Gasteiger partial charge is 0.298 e. The highest BCUT2D eigenvalue weighted by Gasteiger charge is 2.17. The zero-order valence-electron chi connectivity index (χ0n) is 13.2. The van der Waals surface area contributed by atoms with Crippen LogP contribution >= 0.6 is 23.2 Å². The molecule has 1 heterocycles. The van der Waals surface area contributed by atoms with Gasteiger partial charge in [-0.3, -0.25) is 10.4 Å². The summed E-state index contributed by atoms with van der Waals surface area (Å²) in [6.07, 6.45) is 3.42. The number of sulfone groups is 1. The maximum Gasteiger partial charge on any atom is 0.181 e. The average Bonchev–Trinajstić information content (AvgIpc) is 3.07. The molecule has 0 aromatic heterocycles. The van der Waals surface area contributed by atoms with Crippen molar-refractivity contribution >= 4 is 44.4 Å². The quantitative estimate of drug-likeness (QED) is 0.767. The van der Waals surface area contributed by atoms with Crippen molar-refractivity contribution in [2.75, 3.05) is 17.3 Å². The molecule has 1 aliphatic heterocycles. The Hall–Kier alpha value is -1.95. The minimum atomic E-state index is -3.31. The number of hydrogen-bond donors (Lipinski definition) is 1. The summed E-state index contributed by atoms with van der Waals surface area (Å²) in [5.74, 6) is -0.0721. The van der Waals surface area contributed by atoms with E-state index in [9.17, 15) is 8.42 Å². The molecule has 0 saturated heterocycles. The molecule has 0 saturated carbocycles. The van der Waals surface area contributed by atoms with E-state index in [0.717, 1.165) is 16.9 Å². The van der Waals surface area contributed by atoms with Gasteiger partial charge in [0.25, 0.3) is 0 Å². The van der Waals surface area contributed by atoms with Crippen molar-refractivity contribution in [3.8, 4) is 0 Å². The van der Waals surface area contributed by atoms with Crippen LogP contribution in [-0.4, -0.2) is 20.7 Å². The van der Waals surface area contributed by atoms with Gasteiger partial charge in [-0.05, 0) is 42.5 Å². The zero-order valence-corrected chi connectivity index (χ0v) is 15.6. The van der Waals surface area contributed by atoms with Gasteiger partial charge in [-0.1, -0.05) is 35.3 Å². The van der Waals surface area contributed by atoms with Gasteiger partial charge in [0, 0.05) is 5.56 Å². The van der Waals surface area contributed by atoms with Crippen molar-refractivity contribution in [1.29, 1.82) is 0 Å². The first kappa shape index (κ1) is 17.9.